The van der Waals surface area contributed by atoms with Crippen LogP contribution in [0.15, 0.2) is 23.8 Å². The molecule has 6 nitrogen and oxygen atoms in total. The van der Waals surface area contributed by atoms with Gasteiger partial charge >= 0.3 is 5.97 Å². The van der Waals surface area contributed by atoms with E-state index >= 15 is 0 Å². The molecule has 1 heterocycles. The van der Waals surface area contributed by atoms with Crippen molar-refractivity contribution in [3.05, 3.63) is 23.8 Å². The fourth-order valence-corrected chi connectivity index (χ4v) is 8.57. The SMILES string of the molecule is CC(=O)/C=C\C(=O)[C@@H]1CC2=CC(=O)CC[C@]2(C)[C@@H]2[C@@H]1[C@@H]1CC[C@@]3(CCC(=O)O3)[C@@]1(C)C[C@H]2O. The molecular weight excluding hydrogens is 420 g/mol. The lowest BCUT2D eigenvalue weighted by atomic mass is 9.43. The summed E-state index contributed by atoms with van der Waals surface area (Å²) in [5.74, 6) is -0.875. The fraction of sp³-hybridized carbons (Fsp3) is 0.704. The monoisotopic (exact) mass is 454 g/mol. The zero-order valence-electron chi connectivity index (χ0n) is 19.8. The van der Waals surface area contributed by atoms with Crippen LogP contribution in [0.4, 0.5) is 0 Å². The van der Waals surface area contributed by atoms with Gasteiger partial charge in [0.25, 0.3) is 0 Å². The molecule has 1 N–H and O–H groups in total. The summed E-state index contributed by atoms with van der Waals surface area (Å²) in [6.45, 7) is 5.72. The summed E-state index contributed by atoms with van der Waals surface area (Å²) in [6, 6.07) is 0. The number of esters is 1. The number of ketones is 3. The van der Waals surface area contributed by atoms with Gasteiger partial charge in [-0.15, -0.1) is 0 Å². The lowest BCUT2D eigenvalue weighted by Gasteiger charge is -2.62. The second-order valence-electron chi connectivity index (χ2n) is 11.6. The summed E-state index contributed by atoms with van der Waals surface area (Å²) in [5.41, 5.74) is -0.326. The van der Waals surface area contributed by atoms with E-state index in [-0.39, 0.29) is 46.5 Å². The first-order chi connectivity index (χ1) is 15.5. The van der Waals surface area contributed by atoms with E-state index in [1.165, 1.54) is 19.1 Å². The van der Waals surface area contributed by atoms with Crippen molar-refractivity contribution in [1.29, 1.82) is 0 Å². The van der Waals surface area contributed by atoms with Crippen LogP contribution < -0.4 is 0 Å². The molecule has 0 aromatic carbocycles. The van der Waals surface area contributed by atoms with Crippen LogP contribution in [0.1, 0.15) is 72.1 Å². The van der Waals surface area contributed by atoms with Crippen LogP contribution in [0.25, 0.3) is 0 Å². The Labute approximate surface area is 194 Å². The number of rotatable bonds is 3. The molecule has 0 aromatic heterocycles. The topological polar surface area (TPSA) is 97.7 Å². The van der Waals surface area contributed by atoms with E-state index in [4.69, 9.17) is 4.74 Å². The van der Waals surface area contributed by atoms with Gasteiger partial charge in [0.2, 0.25) is 0 Å². The third kappa shape index (κ3) is 3.16. The number of hydrogen-bond donors (Lipinski definition) is 1. The molecular formula is C27H34O6. The zero-order chi connectivity index (χ0) is 23.8. The molecule has 0 aromatic rings. The van der Waals surface area contributed by atoms with Crippen molar-refractivity contribution in [2.75, 3.05) is 0 Å². The zero-order valence-corrected chi connectivity index (χ0v) is 19.8. The molecule has 5 aliphatic rings. The minimum atomic E-state index is -0.653. The number of carbonyl (C=O) groups is 4. The number of ether oxygens (including phenoxy) is 1. The molecule has 8 atom stereocenters. The number of allylic oxidation sites excluding steroid dienone is 3. The highest BCUT2D eigenvalue weighted by Crippen LogP contribution is 2.70. The van der Waals surface area contributed by atoms with Gasteiger partial charge in [0.15, 0.2) is 17.3 Å². The summed E-state index contributed by atoms with van der Waals surface area (Å²) in [5, 5.41) is 11.7. The summed E-state index contributed by atoms with van der Waals surface area (Å²) in [4.78, 5) is 49.5. The second-order valence-corrected chi connectivity index (χ2v) is 11.6. The number of carbonyl (C=O) groups excluding carboxylic acids is 4. The Bertz CT molecular complexity index is 993. The smallest absolute Gasteiger partial charge is 0.306 e. The van der Waals surface area contributed by atoms with Gasteiger partial charge in [0.05, 0.1) is 6.10 Å². The molecule has 3 saturated carbocycles. The van der Waals surface area contributed by atoms with E-state index in [9.17, 15) is 24.3 Å². The van der Waals surface area contributed by atoms with Crippen molar-refractivity contribution >= 4 is 23.3 Å². The Morgan fingerprint density at radius 2 is 1.88 bits per heavy atom. The maximum atomic E-state index is 13.5. The molecule has 178 valence electrons. The molecule has 5 rings (SSSR count). The minimum Gasteiger partial charge on any atom is -0.458 e. The van der Waals surface area contributed by atoms with Crippen molar-refractivity contribution in [1.82, 2.24) is 0 Å². The van der Waals surface area contributed by atoms with Gasteiger partial charge in [-0.3, -0.25) is 19.2 Å². The third-order valence-electron chi connectivity index (χ3n) is 10.1. The maximum absolute atomic E-state index is 13.5. The largest absolute Gasteiger partial charge is 0.458 e. The predicted octanol–water partition coefficient (Wildman–Crippen LogP) is 3.51. The van der Waals surface area contributed by atoms with E-state index in [0.717, 1.165) is 18.4 Å². The lowest BCUT2D eigenvalue weighted by Crippen LogP contribution is -2.62. The van der Waals surface area contributed by atoms with Crippen molar-refractivity contribution in [2.24, 2.45) is 34.5 Å². The summed E-state index contributed by atoms with van der Waals surface area (Å²) >= 11 is 0. The molecule has 0 radical (unpaired) electrons. The number of aliphatic hydroxyl groups is 1. The van der Waals surface area contributed by atoms with Gasteiger partial charge in [-0.2, -0.15) is 0 Å². The average Bonchev–Trinajstić information content (AvgIpc) is 3.26. The Morgan fingerprint density at radius 3 is 2.55 bits per heavy atom. The quantitative estimate of drug-likeness (QED) is 0.518. The highest BCUT2D eigenvalue weighted by Gasteiger charge is 2.70. The van der Waals surface area contributed by atoms with Gasteiger partial charge in [-0.25, -0.2) is 0 Å². The van der Waals surface area contributed by atoms with Crippen LogP contribution in [0.2, 0.25) is 0 Å². The van der Waals surface area contributed by atoms with E-state index in [1.54, 1.807) is 6.08 Å². The van der Waals surface area contributed by atoms with Crippen molar-refractivity contribution in [2.45, 2.75) is 83.8 Å². The molecule has 0 unspecified atom stereocenters. The number of hydrogen-bond acceptors (Lipinski definition) is 6. The molecule has 4 fully saturated rings. The molecule has 0 amide bonds. The number of aliphatic hydroxyl groups excluding tert-OH is 1. The van der Waals surface area contributed by atoms with Gasteiger partial charge in [-0.05, 0) is 86.8 Å². The maximum Gasteiger partial charge on any atom is 0.306 e. The van der Waals surface area contributed by atoms with E-state index in [2.05, 4.69) is 13.8 Å². The van der Waals surface area contributed by atoms with Crippen LogP contribution in [-0.2, 0) is 23.9 Å². The van der Waals surface area contributed by atoms with E-state index in [0.29, 0.717) is 38.5 Å². The Hall–Kier alpha value is -2.08. The van der Waals surface area contributed by atoms with Crippen LogP contribution in [0.5, 0.6) is 0 Å². The summed E-state index contributed by atoms with van der Waals surface area (Å²) in [7, 11) is 0. The Balaban J connectivity index is 1.61. The molecule has 1 spiro atoms. The molecule has 0 bridgehead atoms. The fourth-order valence-electron chi connectivity index (χ4n) is 8.57. The van der Waals surface area contributed by atoms with Gasteiger partial charge in [0.1, 0.15) is 5.60 Å². The Morgan fingerprint density at radius 1 is 1.12 bits per heavy atom. The van der Waals surface area contributed by atoms with E-state index in [1.807, 2.05) is 0 Å². The van der Waals surface area contributed by atoms with Crippen LogP contribution in [-0.4, -0.2) is 40.1 Å². The third-order valence-corrected chi connectivity index (χ3v) is 10.1. The van der Waals surface area contributed by atoms with Crippen LogP contribution >= 0.6 is 0 Å². The first-order valence-corrected chi connectivity index (χ1v) is 12.4. The number of fused-ring (bicyclic) bond motifs is 6. The first kappa shape index (κ1) is 22.7. The lowest BCUT2D eigenvalue weighted by molar-refractivity contribution is -0.192. The normalized spacial score (nSPS) is 46.5. The van der Waals surface area contributed by atoms with Gasteiger partial charge in [0, 0.05) is 24.2 Å². The van der Waals surface area contributed by atoms with Crippen molar-refractivity contribution in [3.8, 4) is 0 Å². The molecule has 6 heteroatoms. The van der Waals surface area contributed by atoms with Crippen molar-refractivity contribution in [3.63, 3.8) is 0 Å². The van der Waals surface area contributed by atoms with Gasteiger partial charge in [-0.1, -0.05) is 19.4 Å². The molecule has 1 saturated heterocycles. The summed E-state index contributed by atoms with van der Waals surface area (Å²) < 4.78 is 5.98. The first-order valence-electron chi connectivity index (χ1n) is 12.4. The minimum absolute atomic E-state index is 0.0826. The highest BCUT2D eigenvalue weighted by molar-refractivity contribution is 5.99. The predicted molar refractivity (Wildman–Crippen MR) is 120 cm³/mol. The Kier molecular flexibility index (Phi) is 5.13. The standard InChI is InChI=1S/C27H34O6/c1-15(28)4-5-20(30)18-13-16-12-17(29)6-9-25(16,2)24-21(31)14-26(3)19(23(18)24)7-10-27(26)11-8-22(32)33-27/h4-5,12,18-19,21,23-24,31H,6-11,13-14H2,1-3H3/b5-4-/t18-,19-,21+,23-,24-,25-,26-,27+/m0/s1. The molecule has 33 heavy (non-hydrogen) atoms. The van der Waals surface area contributed by atoms with Crippen molar-refractivity contribution < 1.29 is 29.0 Å². The molecule has 1 aliphatic heterocycles. The van der Waals surface area contributed by atoms with Crippen LogP contribution in [0.3, 0.4) is 0 Å². The van der Waals surface area contributed by atoms with Gasteiger partial charge < -0.3 is 9.84 Å². The highest BCUT2D eigenvalue weighted by atomic mass is 16.6. The van der Waals surface area contributed by atoms with Crippen LogP contribution in [0, 0.1) is 34.5 Å². The van der Waals surface area contributed by atoms with E-state index < -0.39 is 23.0 Å². The average molecular weight is 455 g/mol. The second kappa shape index (κ2) is 7.46. The summed E-state index contributed by atoms with van der Waals surface area (Å²) in [6.07, 6.45) is 8.62. The molecule has 4 aliphatic carbocycles.